The number of halogens is 1. The van der Waals surface area contributed by atoms with Gasteiger partial charge in [0.2, 0.25) is 5.91 Å². The van der Waals surface area contributed by atoms with Gasteiger partial charge in [0.1, 0.15) is 6.04 Å². The van der Waals surface area contributed by atoms with Crippen LogP contribution < -0.4 is 10.6 Å². The molecule has 0 saturated heterocycles. The minimum Gasteiger partial charge on any atom is -0.393 e. The van der Waals surface area contributed by atoms with Crippen LogP contribution in [0.25, 0.3) is 0 Å². The molecule has 2 amide bonds. The van der Waals surface area contributed by atoms with Crippen molar-refractivity contribution in [2.45, 2.75) is 38.8 Å². The molecular formula is C15H21ClN2O3. The number of carbonyl (C=O) groups is 2. The summed E-state index contributed by atoms with van der Waals surface area (Å²) in [6.07, 6.45) is 0.723. The maximum atomic E-state index is 12.0. The van der Waals surface area contributed by atoms with Crippen LogP contribution in [0.4, 0.5) is 0 Å². The van der Waals surface area contributed by atoms with E-state index in [1.807, 2.05) is 6.92 Å². The van der Waals surface area contributed by atoms with E-state index in [2.05, 4.69) is 10.6 Å². The maximum Gasteiger partial charge on any atom is 0.253 e. The lowest BCUT2D eigenvalue weighted by atomic mass is 10.2. The molecule has 3 N–H and O–H groups in total. The van der Waals surface area contributed by atoms with Crippen LogP contribution >= 0.6 is 11.6 Å². The lowest BCUT2D eigenvalue weighted by Gasteiger charge is -2.15. The fraction of sp³-hybridized carbons (Fsp3) is 0.467. The zero-order chi connectivity index (χ0) is 15.8. The van der Waals surface area contributed by atoms with Gasteiger partial charge in [-0.2, -0.15) is 0 Å². The molecule has 0 aromatic heterocycles. The van der Waals surface area contributed by atoms with Crippen LogP contribution in [-0.4, -0.2) is 35.6 Å². The minimum atomic E-state index is -0.674. The molecule has 0 aliphatic rings. The summed E-state index contributed by atoms with van der Waals surface area (Å²) in [5.74, 6) is -0.685. The highest BCUT2D eigenvalue weighted by molar-refractivity contribution is 6.33. The van der Waals surface area contributed by atoms with Gasteiger partial charge < -0.3 is 15.7 Å². The largest absolute Gasteiger partial charge is 0.393 e. The number of aliphatic hydroxyl groups excluding tert-OH is 1. The number of carbonyl (C=O) groups excluding carboxylic acids is 2. The van der Waals surface area contributed by atoms with Crippen molar-refractivity contribution in [2.75, 3.05) is 6.54 Å². The molecule has 1 aromatic rings. The number of hydrogen-bond donors (Lipinski definition) is 3. The fourth-order valence-corrected chi connectivity index (χ4v) is 1.93. The third-order valence-electron chi connectivity index (χ3n) is 3.11. The van der Waals surface area contributed by atoms with E-state index in [4.69, 9.17) is 11.6 Å². The van der Waals surface area contributed by atoms with Crippen molar-refractivity contribution in [3.05, 3.63) is 34.9 Å². The lowest BCUT2D eigenvalue weighted by molar-refractivity contribution is -0.122. The normalized spacial score (nSPS) is 13.3. The van der Waals surface area contributed by atoms with Crippen LogP contribution in [-0.2, 0) is 4.79 Å². The summed E-state index contributed by atoms with van der Waals surface area (Å²) in [5.41, 5.74) is 0.334. The number of rotatable bonds is 7. The van der Waals surface area contributed by atoms with E-state index >= 15 is 0 Å². The third-order valence-corrected chi connectivity index (χ3v) is 3.44. The van der Waals surface area contributed by atoms with Crippen LogP contribution in [0.3, 0.4) is 0 Å². The molecule has 5 nitrogen and oxygen atoms in total. The number of aliphatic hydroxyl groups is 1. The first-order chi connectivity index (χ1) is 9.95. The molecule has 21 heavy (non-hydrogen) atoms. The summed E-state index contributed by atoms with van der Waals surface area (Å²) in [5, 5.41) is 15.0. The minimum absolute atomic E-state index is 0.293. The average Bonchev–Trinajstić information content (AvgIpc) is 2.47. The second kappa shape index (κ2) is 8.64. The molecule has 2 unspecified atom stereocenters. The molecule has 1 aromatic carbocycles. The van der Waals surface area contributed by atoms with Gasteiger partial charge in [0, 0.05) is 6.54 Å². The Morgan fingerprint density at radius 2 is 2.00 bits per heavy atom. The van der Waals surface area contributed by atoms with Crippen LogP contribution in [0.1, 0.15) is 37.0 Å². The Morgan fingerprint density at radius 1 is 1.33 bits per heavy atom. The Hall–Kier alpha value is -1.59. The van der Waals surface area contributed by atoms with Gasteiger partial charge in [-0.15, -0.1) is 0 Å². The van der Waals surface area contributed by atoms with Crippen molar-refractivity contribution >= 4 is 23.4 Å². The number of benzene rings is 1. The van der Waals surface area contributed by atoms with E-state index < -0.39 is 18.1 Å². The first-order valence-electron chi connectivity index (χ1n) is 6.96. The fourth-order valence-electron chi connectivity index (χ4n) is 1.70. The number of amides is 2. The molecule has 0 saturated carbocycles. The molecule has 0 aliphatic heterocycles. The predicted octanol–water partition coefficient (Wildman–Crippen LogP) is 1.74. The zero-order valence-electron chi connectivity index (χ0n) is 12.2. The summed E-state index contributed by atoms with van der Waals surface area (Å²) >= 11 is 5.93. The second-order valence-corrected chi connectivity index (χ2v) is 5.22. The van der Waals surface area contributed by atoms with Gasteiger partial charge in [0.25, 0.3) is 5.91 Å². The number of nitrogens with one attached hydrogen (secondary N) is 2. The van der Waals surface area contributed by atoms with Crippen molar-refractivity contribution in [2.24, 2.45) is 0 Å². The Morgan fingerprint density at radius 3 is 2.62 bits per heavy atom. The molecule has 0 aliphatic carbocycles. The van der Waals surface area contributed by atoms with E-state index in [0.717, 1.165) is 0 Å². The molecule has 0 fully saturated rings. The highest BCUT2D eigenvalue weighted by Crippen LogP contribution is 2.14. The van der Waals surface area contributed by atoms with E-state index in [1.165, 1.54) is 0 Å². The van der Waals surface area contributed by atoms with Crippen molar-refractivity contribution in [1.29, 1.82) is 0 Å². The molecule has 0 radical (unpaired) electrons. The Balaban J connectivity index is 2.45. The Labute approximate surface area is 129 Å². The van der Waals surface area contributed by atoms with Crippen molar-refractivity contribution in [3.8, 4) is 0 Å². The van der Waals surface area contributed by atoms with Crippen molar-refractivity contribution in [1.82, 2.24) is 10.6 Å². The van der Waals surface area contributed by atoms with Crippen LogP contribution in [0, 0.1) is 0 Å². The summed E-state index contributed by atoms with van der Waals surface area (Å²) in [6, 6.07) is 5.98. The molecule has 0 bridgehead atoms. The molecule has 6 heteroatoms. The Bertz CT molecular complexity index is 494. The average molecular weight is 313 g/mol. The van der Waals surface area contributed by atoms with Gasteiger partial charge in [-0.1, -0.05) is 30.7 Å². The molecular weight excluding hydrogens is 292 g/mol. The standard InChI is InChI=1S/C15H21ClN2O3/c1-3-11(19)8-9-17-14(20)10(2)18-15(21)12-6-4-5-7-13(12)16/h4-7,10-11,19H,3,8-9H2,1-2H3,(H,17,20)(H,18,21). The van der Waals surface area contributed by atoms with E-state index in [-0.39, 0.29) is 5.91 Å². The van der Waals surface area contributed by atoms with Gasteiger partial charge in [-0.3, -0.25) is 9.59 Å². The quantitative estimate of drug-likeness (QED) is 0.717. The van der Waals surface area contributed by atoms with Crippen LogP contribution in [0.5, 0.6) is 0 Å². The second-order valence-electron chi connectivity index (χ2n) is 4.82. The topological polar surface area (TPSA) is 78.4 Å². The monoisotopic (exact) mass is 312 g/mol. The van der Waals surface area contributed by atoms with Gasteiger partial charge in [0.15, 0.2) is 0 Å². The van der Waals surface area contributed by atoms with Gasteiger partial charge >= 0.3 is 0 Å². The van der Waals surface area contributed by atoms with Crippen molar-refractivity contribution in [3.63, 3.8) is 0 Å². The lowest BCUT2D eigenvalue weighted by Crippen LogP contribution is -2.45. The van der Waals surface area contributed by atoms with Gasteiger partial charge in [0.05, 0.1) is 16.7 Å². The SMILES string of the molecule is CCC(O)CCNC(=O)C(C)NC(=O)c1ccccc1Cl. The van der Waals surface area contributed by atoms with Crippen LogP contribution in [0.2, 0.25) is 5.02 Å². The summed E-state index contributed by atoms with van der Waals surface area (Å²) < 4.78 is 0. The van der Waals surface area contributed by atoms with Crippen LogP contribution in [0.15, 0.2) is 24.3 Å². The molecule has 0 spiro atoms. The summed E-state index contributed by atoms with van der Waals surface area (Å²) in [7, 11) is 0. The first kappa shape index (κ1) is 17.5. The number of hydrogen-bond acceptors (Lipinski definition) is 3. The Kier molecular flexibility index (Phi) is 7.19. The van der Waals surface area contributed by atoms with E-state index in [1.54, 1.807) is 31.2 Å². The smallest absolute Gasteiger partial charge is 0.253 e. The molecule has 1 rings (SSSR count). The zero-order valence-corrected chi connectivity index (χ0v) is 13.0. The van der Waals surface area contributed by atoms with Crippen molar-refractivity contribution < 1.29 is 14.7 Å². The van der Waals surface area contributed by atoms with Gasteiger partial charge in [-0.25, -0.2) is 0 Å². The van der Waals surface area contributed by atoms with E-state index in [0.29, 0.717) is 30.0 Å². The van der Waals surface area contributed by atoms with E-state index in [9.17, 15) is 14.7 Å². The molecule has 116 valence electrons. The summed E-state index contributed by atoms with van der Waals surface area (Å²) in [4.78, 5) is 23.8. The van der Waals surface area contributed by atoms with Gasteiger partial charge in [-0.05, 0) is 31.9 Å². The predicted molar refractivity (Wildman–Crippen MR) is 82.3 cm³/mol. The highest BCUT2D eigenvalue weighted by Gasteiger charge is 2.17. The maximum absolute atomic E-state index is 12.0. The highest BCUT2D eigenvalue weighted by atomic mass is 35.5. The summed E-state index contributed by atoms with van der Waals surface area (Å²) in [6.45, 7) is 3.85. The molecule has 2 atom stereocenters. The molecule has 0 heterocycles. The third kappa shape index (κ3) is 5.73. The first-order valence-corrected chi connectivity index (χ1v) is 7.34.